The summed E-state index contributed by atoms with van der Waals surface area (Å²) in [6, 6.07) is 5.49. The van der Waals surface area contributed by atoms with Gasteiger partial charge in [-0.15, -0.1) is 0 Å². The van der Waals surface area contributed by atoms with Gasteiger partial charge in [0.05, 0.1) is 17.6 Å². The molecule has 1 unspecified atom stereocenters. The van der Waals surface area contributed by atoms with E-state index in [9.17, 15) is 4.79 Å². The van der Waals surface area contributed by atoms with Crippen molar-refractivity contribution in [2.75, 3.05) is 0 Å². The van der Waals surface area contributed by atoms with Gasteiger partial charge in [0.15, 0.2) is 0 Å². The van der Waals surface area contributed by atoms with Gasteiger partial charge in [0, 0.05) is 5.39 Å². The van der Waals surface area contributed by atoms with Crippen LogP contribution in [0.5, 0.6) is 0 Å². The maximum absolute atomic E-state index is 10.8. The fourth-order valence-electron chi connectivity index (χ4n) is 1.37. The molecule has 1 aromatic carbocycles. The molecule has 1 heterocycles. The van der Waals surface area contributed by atoms with Crippen LogP contribution in [-0.4, -0.2) is 21.3 Å². The molecule has 0 saturated heterocycles. The fraction of sp³-hybridized carbons (Fsp3) is 0.200. The molecule has 1 atom stereocenters. The highest BCUT2D eigenvalue weighted by Gasteiger charge is 2.13. The van der Waals surface area contributed by atoms with Crippen molar-refractivity contribution in [3.63, 3.8) is 0 Å². The molecular weight excluding hydrogens is 180 g/mol. The van der Waals surface area contributed by atoms with Crippen molar-refractivity contribution in [2.24, 2.45) is 0 Å². The molecule has 0 spiro atoms. The van der Waals surface area contributed by atoms with Crippen molar-refractivity contribution in [1.29, 1.82) is 0 Å². The molecule has 0 fully saturated rings. The lowest BCUT2D eigenvalue weighted by atomic mass is 10.0. The molecule has 0 aliphatic rings. The number of aromatic nitrogens is 2. The highest BCUT2D eigenvalue weighted by molar-refractivity contribution is 5.82. The molecule has 2 rings (SSSR count). The highest BCUT2D eigenvalue weighted by atomic mass is 16.4. The van der Waals surface area contributed by atoms with Gasteiger partial charge >= 0.3 is 5.97 Å². The number of carbonyl (C=O) groups is 1. The number of fused-ring (bicyclic) bond motifs is 1. The van der Waals surface area contributed by atoms with E-state index in [0.717, 1.165) is 16.5 Å². The third-order valence-electron chi connectivity index (χ3n) is 2.33. The number of rotatable bonds is 2. The standard InChI is InChI=1S/C10H10N2O2/c1-6(10(13)14)7-2-3-9-8(4-7)5-11-12-9/h2-6H,1H3,(H,11,12)(H,13,14). The van der Waals surface area contributed by atoms with Crippen LogP contribution in [0.2, 0.25) is 0 Å². The van der Waals surface area contributed by atoms with Crippen molar-refractivity contribution in [2.45, 2.75) is 12.8 Å². The lowest BCUT2D eigenvalue weighted by molar-refractivity contribution is -0.138. The number of H-pyrrole nitrogens is 1. The van der Waals surface area contributed by atoms with E-state index < -0.39 is 11.9 Å². The molecular formula is C10H10N2O2. The Bertz CT molecular complexity index is 476. The second kappa shape index (κ2) is 3.14. The number of hydrogen-bond acceptors (Lipinski definition) is 2. The maximum atomic E-state index is 10.8. The van der Waals surface area contributed by atoms with Crippen molar-refractivity contribution < 1.29 is 9.90 Å². The summed E-state index contributed by atoms with van der Waals surface area (Å²) in [5.41, 5.74) is 1.72. The van der Waals surface area contributed by atoms with Gasteiger partial charge in [0.1, 0.15) is 0 Å². The Balaban J connectivity index is 2.48. The summed E-state index contributed by atoms with van der Waals surface area (Å²) >= 11 is 0. The van der Waals surface area contributed by atoms with Gasteiger partial charge in [-0.2, -0.15) is 5.10 Å². The number of hydrogen-bond donors (Lipinski definition) is 2. The van der Waals surface area contributed by atoms with Gasteiger partial charge in [-0.25, -0.2) is 0 Å². The second-order valence-corrected chi connectivity index (χ2v) is 3.28. The van der Waals surface area contributed by atoms with E-state index in [0.29, 0.717) is 0 Å². The van der Waals surface area contributed by atoms with E-state index in [2.05, 4.69) is 10.2 Å². The zero-order valence-corrected chi connectivity index (χ0v) is 7.69. The lowest BCUT2D eigenvalue weighted by Crippen LogP contribution is -2.06. The van der Waals surface area contributed by atoms with E-state index in [1.807, 2.05) is 12.1 Å². The average Bonchev–Trinajstić information content (AvgIpc) is 2.62. The van der Waals surface area contributed by atoms with Crippen molar-refractivity contribution in [3.05, 3.63) is 30.0 Å². The molecule has 72 valence electrons. The average molecular weight is 190 g/mol. The fourth-order valence-corrected chi connectivity index (χ4v) is 1.37. The quantitative estimate of drug-likeness (QED) is 0.758. The molecule has 0 amide bonds. The van der Waals surface area contributed by atoms with Gasteiger partial charge in [0.25, 0.3) is 0 Å². The molecule has 0 saturated carbocycles. The zero-order chi connectivity index (χ0) is 10.1. The predicted molar refractivity (Wildman–Crippen MR) is 52.1 cm³/mol. The summed E-state index contributed by atoms with van der Waals surface area (Å²) in [6.07, 6.45) is 1.69. The molecule has 0 radical (unpaired) electrons. The zero-order valence-electron chi connectivity index (χ0n) is 7.69. The minimum absolute atomic E-state index is 0.478. The number of nitrogens with one attached hydrogen (secondary N) is 1. The monoisotopic (exact) mass is 190 g/mol. The van der Waals surface area contributed by atoms with Gasteiger partial charge < -0.3 is 5.11 Å². The van der Waals surface area contributed by atoms with Crippen LogP contribution in [0, 0.1) is 0 Å². The van der Waals surface area contributed by atoms with Gasteiger partial charge in [-0.05, 0) is 24.6 Å². The molecule has 2 N–H and O–H groups in total. The molecule has 0 aliphatic carbocycles. The van der Waals surface area contributed by atoms with Crippen LogP contribution in [0.3, 0.4) is 0 Å². The number of nitrogens with zero attached hydrogens (tertiary/aromatic N) is 1. The summed E-state index contributed by atoms with van der Waals surface area (Å²) < 4.78 is 0. The Morgan fingerprint density at radius 3 is 3.07 bits per heavy atom. The molecule has 1 aromatic heterocycles. The Hall–Kier alpha value is -1.84. The van der Waals surface area contributed by atoms with Crippen LogP contribution in [0.4, 0.5) is 0 Å². The molecule has 0 aliphatic heterocycles. The van der Waals surface area contributed by atoms with E-state index in [1.165, 1.54) is 0 Å². The number of aliphatic carboxylic acids is 1. The maximum Gasteiger partial charge on any atom is 0.310 e. The van der Waals surface area contributed by atoms with E-state index in [1.54, 1.807) is 19.2 Å². The predicted octanol–water partition coefficient (Wildman–Crippen LogP) is 1.75. The SMILES string of the molecule is CC(C(=O)O)c1ccc2[nH]ncc2c1. The number of benzene rings is 1. The summed E-state index contributed by atoms with van der Waals surface area (Å²) in [4.78, 5) is 10.8. The molecule has 14 heavy (non-hydrogen) atoms. The lowest BCUT2D eigenvalue weighted by Gasteiger charge is -2.05. The van der Waals surface area contributed by atoms with E-state index in [-0.39, 0.29) is 0 Å². The Labute approximate surface area is 80.6 Å². The van der Waals surface area contributed by atoms with Crippen LogP contribution < -0.4 is 0 Å². The summed E-state index contributed by atoms with van der Waals surface area (Å²) in [7, 11) is 0. The first-order chi connectivity index (χ1) is 6.68. The third kappa shape index (κ3) is 1.35. The first-order valence-electron chi connectivity index (χ1n) is 4.34. The van der Waals surface area contributed by atoms with Crippen molar-refractivity contribution in [3.8, 4) is 0 Å². The Morgan fingerprint density at radius 2 is 2.36 bits per heavy atom. The highest BCUT2D eigenvalue weighted by Crippen LogP contribution is 2.20. The van der Waals surface area contributed by atoms with E-state index >= 15 is 0 Å². The van der Waals surface area contributed by atoms with Gasteiger partial charge in [-0.3, -0.25) is 9.89 Å². The van der Waals surface area contributed by atoms with Crippen molar-refractivity contribution >= 4 is 16.9 Å². The number of carboxylic acid groups (broad SMARTS) is 1. The Morgan fingerprint density at radius 1 is 1.57 bits per heavy atom. The summed E-state index contributed by atoms with van der Waals surface area (Å²) in [6.45, 7) is 1.67. The van der Waals surface area contributed by atoms with Gasteiger partial charge in [0.2, 0.25) is 0 Å². The van der Waals surface area contributed by atoms with Crippen LogP contribution >= 0.6 is 0 Å². The third-order valence-corrected chi connectivity index (χ3v) is 2.33. The molecule has 2 aromatic rings. The number of aromatic amines is 1. The van der Waals surface area contributed by atoms with Crippen LogP contribution in [0.25, 0.3) is 10.9 Å². The smallest absolute Gasteiger partial charge is 0.310 e. The van der Waals surface area contributed by atoms with Gasteiger partial charge in [-0.1, -0.05) is 6.07 Å². The minimum Gasteiger partial charge on any atom is -0.481 e. The second-order valence-electron chi connectivity index (χ2n) is 3.28. The molecule has 4 heteroatoms. The molecule has 4 nitrogen and oxygen atoms in total. The largest absolute Gasteiger partial charge is 0.481 e. The first kappa shape index (κ1) is 8.74. The normalized spacial score (nSPS) is 12.9. The van der Waals surface area contributed by atoms with Crippen LogP contribution in [0.1, 0.15) is 18.4 Å². The first-order valence-corrected chi connectivity index (χ1v) is 4.34. The van der Waals surface area contributed by atoms with Crippen LogP contribution in [-0.2, 0) is 4.79 Å². The van der Waals surface area contributed by atoms with Crippen molar-refractivity contribution in [1.82, 2.24) is 10.2 Å². The Kier molecular flexibility index (Phi) is 1.96. The van der Waals surface area contributed by atoms with Crippen LogP contribution in [0.15, 0.2) is 24.4 Å². The minimum atomic E-state index is -0.812. The summed E-state index contributed by atoms with van der Waals surface area (Å²) in [5.74, 6) is -1.29. The summed E-state index contributed by atoms with van der Waals surface area (Å²) in [5, 5.41) is 16.5. The van der Waals surface area contributed by atoms with E-state index in [4.69, 9.17) is 5.11 Å². The topological polar surface area (TPSA) is 66.0 Å². The number of carboxylic acids is 1. The molecule has 0 bridgehead atoms.